The molecule has 174 valence electrons. The number of thiol groups is 1. The summed E-state index contributed by atoms with van der Waals surface area (Å²) >= 11 is 5.43. The van der Waals surface area contributed by atoms with E-state index in [1.807, 2.05) is 34.0 Å². The Bertz CT molecular complexity index is 589. The molecule has 0 aliphatic carbocycles. The SMILES string of the molecule is CSCCC(NC(=O)C(CC(C)C)NC(=O)C(N)C(C)C)C(=O)NC(CS)C(=O)O. The van der Waals surface area contributed by atoms with Gasteiger partial charge in [0.2, 0.25) is 17.7 Å². The number of nitrogens with two attached hydrogens (primary N) is 1. The molecule has 0 aliphatic rings. The van der Waals surface area contributed by atoms with Crippen LogP contribution in [0.15, 0.2) is 0 Å². The number of rotatable bonds is 14. The molecule has 6 N–H and O–H groups in total. The van der Waals surface area contributed by atoms with Crippen LogP contribution in [0.5, 0.6) is 0 Å². The molecule has 4 unspecified atom stereocenters. The molecule has 0 radical (unpaired) electrons. The molecule has 11 heteroatoms. The molecule has 0 heterocycles. The van der Waals surface area contributed by atoms with E-state index < -0.39 is 47.9 Å². The lowest BCUT2D eigenvalue weighted by molar-refractivity contribution is -0.141. The molecular weight excluding hydrogens is 428 g/mol. The molecule has 30 heavy (non-hydrogen) atoms. The average Bonchev–Trinajstić information content (AvgIpc) is 2.66. The van der Waals surface area contributed by atoms with E-state index in [1.165, 1.54) is 11.8 Å². The quantitative estimate of drug-likeness (QED) is 0.202. The van der Waals surface area contributed by atoms with Gasteiger partial charge in [0.05, 0.1) is 6.04 Å². The smallest absolute Gasteiger partial charge is 0.327 e. The maximum Gasteiger partial charge on any atom is 0.327 e. The highest BCUT2D eigenvalue weighted by Gasteiger charge is 2.30. The summed E-state index contributed by atoms with van der Waals surface area (Å²) < 4.78 is 0. The Kier molecular flexibility index (Phi) is 13.8. The third-order valence-electron chi connectivity index (χ3n) is 4.40. The summed E-state index contributed by atoms with van der Waals surface area (Å²) in [7, 11) is 0. The van der Waals surface area contributed by atoms with E-state index in [-0.39, 0.29) is 17.6 Å². The molecule has 0 fully saturated rings. The van der Waals surface area contributed by atoms with Gasteiger partial charge in [0.15, 0.2) is 0 Å². The summed E-state index contributed by atoms with van der Waals surface area (Å²) in [6.07, 6.45) is 2.54. The Morgan fingerprint density at radius 2 is 1.43 bits per heavy atom. The average molecular weight is 465 g/mol. The summed E-state index contributed by atoms with van der Waals surface area (Å²) in [5.41, 5.74) is 5.88. The van der Waals surface area contributed by atoms with E-state index in [2.05, 4.69) is 28.6 Å². The van der Waals surface area contributed by atoms with Crippen molar-refractivity contribution in [2.75, 3.05) is 17.8 Å². The lowest BCUT2D eigenvalue weighted by atomic mass is 10.00. The van der Waals surface area contributed by atoms with Crippen molar-refractivity contribution in [2.24, 2.45) is 17.6 Å². The van der Waals surface area contributed by atoms with E-state index in [0.717, 1.165) is 0 Å². The number of carboxylic acids is 1. The third-order valence-corrected chi connectivity index (χ3v) is 5.41. The number of nitrogens with one attached hydrogen (secondary N) is 3. The van der Waals surface area contributed by atoms with Crippen LogP contribution >= 0.6 is 24.4 Å². The fourth-order valence-electron chi connectivity index (χ4n) is 2.51. The van der Waals surface area contributed by atoms with Gasteiger partial charge in [-0.15, -0.1) is 0 Å². The molecule has 0 aliphatic heterocycles. The summed E-state index contributed by atoms with van der Waals surface area (Å²) in [5.74, 6) is -2.24. The van der Waals surface area contributed by atoms with Crippen molar-refractivity contribution in [1.82, 2.24) is 16.0 Å². The van der Waals surface area contributed by atoms with Gasteiger partial charge in [0, 0.05) is 5.75 Å². The monoisotopic (exact) mass is 464 g/mol. The molecule has 0 saturated carbocycles. The normalized spacial score (nSPS) is 15.2. The van der Waals surface area contributed by atoms with Crippen LogP contribution in [0.2, 0.25) is 0 Å². The van der Waals surface area contributed by atoms with Gasteiger partial charge < -0.3 is 26.8 Å². The van der Waals surface area contributed by atoms with E-state index >= 15 is 0 Å². The van der Waals surface area contributed by atoms with Crippen LogP contribution in [0.1, 0.15) is 40.5 Å². The highest BCUT2D eigenvalue weighted by atomic mass is 32.2. The molecule has 0 aromatic carbocycles. The minimum atomic E-state index is -1.21. The molecule has 0 rings (SSSR count). The predicted molar refractivity (Wildman–Crippen MR) is 123 cm³/mol. The Hall–Kier alpha value is -1.46. The molecule has 0 saturated heterocycles. The lowest BCUT2D eigenvalue weighted by Gasteiger charge is -2.26. The van der Waals surface area contributed by atoms with Crippen LogP contribution in [0.3, 0.4) is 0 Å². The van der Waals surface area contributed by atoms with Crippen molar-refractivity contribution in [2.45, 2.75) is 64.7 Å². The molecular formula is C19H36N4O5S2. The maximum atomic E-state index is 12.9. The first-order valence-corrected chi connectivity index (χ1v) is 12.0. The summed E-state index contributed by atoms with van der Waals surface area (Å²) in [6, 6.07) is -3.71. The summed E-state index contributed by atoms with van der Waals surface area (Å²) in [6.45, 7) is 7.45. The van der Waals surface area contributed by atoms with Crippen molar-refractivity contribution in [3.63, 3.8) is 0 Å². The van der Waals surface area contributed by atoms with Crippen molar-refractivity contribution >= 4 is 48.1 Å². The molecule has 3 amide bonds. The second-order valence-electron chi connectivity index (χ2n) is 7.89. The van der Waals surface area contributed by atoms with E-state index in [4.69, 9.17) is 10.8 Å². The Morgan fingerprint density at radius 1 is 0.933 bits per heavy atom. The summed E-state index contributed by atoms with van der Waals surface area (Å²) in [5, 5.41) is 16.9. The van der Waals surface area contributed by atoms with Crippen molar-refractivity contribution in [3.8, 4) is 0 Å². The van der Waals surface area contributed by atoms with Crippen LogP contribution < -0.4 is 21.7 Å². The van der Waals surface area contributed by atoms with Crippen molar-refractivity contribution < 1.29 is 24.3 Å². The third kappa shape index (κ3) is 10.5. The first-order chi connectivity index (χ1) is 13.9. The van der Waals surface area contributed by atoms with Crippen LogP contribution in [-0.4, -0.2) is 70.7 Å². The summed E-state index contributed by atoms with van der Waals surface area (Å²) in [4.78, 5) is 49.0. The van der Waals surface area contributed by atoms with Crippen molar-refractivity contribution in [3.05, 3.63) is 0 Å². The van der Waals surface area contributed by atoms with E-state index in [9.17, 15) is 19.2 Å². The van der Waals surface area contributed by atoms with Gasteiger partial charge in [0.1, 0.15) is 18.1 Å². The lowest BCUT2D eigenvalue weighted by Crippen LogP contribution is -2.58. The second kappa shape index (κ2) is 14.5. The molecule has 4 atom stereocenters. The minimum absolute atomic E-state index is 0.0800. The van der Waals surface area contributed by atoms with Gasteiger partial charge in [-0.1, -0.05) is 27.7 Å². The fourth-order valence-corrected chi connectivity index (χ4v) is 3.23. The van der Waals surface area contributed by atoms with Crippen LogP contribution in [0.25, 0.3) is 0 Å². The molecule has 0 aromatic heterocycles. The maximum absolute atomic E-state index is 12.9. The molecule has 9 nitrogen and oxygen atoms in total. The highest BCUT2D eigenvalue weighted by Crippen LogP contribution is 2.09. The number of carbonyl (C=O) groups is 4. The van der Waals surface area contributed by atoms with Gasteiger partial charge in [-0.05, 0) is 36.7 Å². The zero-order valence-corrected chi connectivity index (χ0v) is 20.0. The van der Waals surface area contributed by atoms with Crippen molar-refractivity contribution in [1.29, 1.82) is 0 Å². The molecule has 0 aromatic rings. The number of thioether (sulfide) groups is 1. The van der Waals surface area contributed by atoms with Crippen LogP contribution in [-0.2, 0) is 19.2 Å². The number of amides is 3. The second-order valence-corrected chi connectivity index (χ2v) is 9.24. The largest absolute Gasteiger partial charge is 0.480 e. The van der Waals surface area contributed by atoms with Crippen LogP contribution in [0.4, 0.5) is 0 Å². The number of hydrogen-bond acceptors (Lipinski definition) is 7. The van der Waals surface area contributed by atoms with Gasteiger partial charge in [-0.2, -0.15) is 24.4 Å². The van der Waals surface area contributed by atoms with Gasteiger partial charge in [-0.3, -0.25) is 14.4 Å². The number of carbonyl (C=O) groups excluding carboxylic acids is 3. The zero-order valence-electron chi connectivity index (χ0n) is 18.3. The Labute approximate surface area is 188 Å². The number of hydrogen-bond donors (Lipinski definition) is 6. The Balaban J connectivity index is 5.37. The fraction of sp³-hybridized carbons (Fsp3) is 0.789. The number of carboxylic acid groups (broad SMARTS) is 1. The molecule has 0 spiro atoms. The standard InChI is InChI=1S/C19H36N4O5S2/c1-10(2)8-13(22-18(26)15(20)11(3)4)17(25)21-12(6-7-30-5)16(24)23-14(9-29)19(27)28/h10-15,29H,6-9,20H2,1-5H3,(H,21,25)(H,22,26)(H,23,24)(H,27,28). The van der Waals surface area contributed by atoms with Crippen LogP contribution in [0, 0.1) is 11.8 Å². The first-order valence-electron chi connectivity index (χ1n) is 9.93. The van der Waals surface area contributed by atoms with Gasteiger partial charge in [0.25, 0.3) is 0 Å². The number of aliphatic carboxylic acids is 1. The zero-order chi connectivity index (χ0) is 23.4. The van der Waals surface area contributed by atoms with E-state index in [1.54, 1.807) is 0 Å². The minimum Gasteiger partial charge on any atom is -0.480 e. The first kappa shape index (κ1) is 28.5. The molecule has 0 bridgehead atoms. The topological polar surface area (TPSA) is 151 Å². The van der Waals surface area contributed by atoms with Gasteiger partial charge in [-0.25, -0.2) is 4.79 Å². The predicted octanol–water partition coefficient (Wildman–Crippen LogP) is 0.238. The highest BCUT2D eigenvalue weighted by molar-refractivity contribution is 7.98. The van der Waals surface area contributed by atoms with Gasteiger partial charge >= 0.3 is 5.97 Å². The van der Waals surface area contributed by atoms with E-state index in [0.29, 0.717) is 18.6 Å². The Morgan fingerprint density at radius 3 is 1.87 bits per heavy atom.